The minimum Gasteiger partial charge on any atom is -0.341 e. The Hall–Kier alpha value is -4.09. The van der Waals surface area contributed by atoms with Gasteiger partial charge in [0.25, 0.3) is 0 Å². The van der Waals surface area contributed by atoms with E-state index < -0.39 is 17.7 Å². The quantitative estimate of drug-likeness (QED) is 0.332. The third-order valence-electron chi connectivity index (χ3n) is 6.60. The monoisotopic (exact) mass is 526 g/mol. The van der Waals surface area contributed by atoms with E-state index in [1.807, 2.05) is 6.92 Å². The molecule has 198 valence electrons. The van der Waals surface area contributed by atoms with E-state index in [0.29, 0.717) is 42.3 Å². The Morgan fingerprint density at radius 2 is 1.89 bits per heavy atom. The van der Waals surface area contributed by atoms with Gasteiger partial charge < -0.3 is 9.42 Å². The first-order valence-electron chi connectivity index (χ1n) is 12.3. The highest BCUT2D eigenvalue weighted by Gasteiger charge is 2.33. The molecule has 1 aliphatic heterocycles. The fraction of sp³-hybridized carbons (Fsp3) is 0.385. The van der Waals surface area contributed by atoms with E-state index in [9.17, 15) is 22.8 Å². The van der Waals surface area contributed by atoms with Crippen LogP contribution in [0.5, 0.6) is 0 Å². The van der Waals surface area contributed by atoms with Crippen molar-refractivity contribution in [1.29, 1.82) is 0 Å². The Bertz CT molecular complexity index is 1470. The van der Waals surface area contributed by atoms with E-state index in [1.165, 1.54) is 12.1 Å². The van der Waals surface area contributed by atoms with E-state index in [4.69, 9.17) is 4.52 Å². The van der Waals surface area contributed by atoms with Crippen LogP contribution in [0, 0.1) is 0 Å². The van der Waals surface area contributed by atoms with Gasteiger partial charge in [-0.1, -0.05) is 24.2 Å². The zero-order valence-corrected chi connectivity index (χ0v) is 20.6. The van der Waals surface area contributed by atoms with Crippen molar-refractivity contribution in [2.45, 2.75) is 51.2 Å². The number of nitrogens with zero attached hydrogens (tertiary/aromatic N) is 6. The number of likely N-dealkylation sites (tertiary alicyclic amines) is 1. The first kappa shape index (κ1) is 25.6. The molecule has 0 spiro atoms. The van der Waals surface area contributed by atoms with Crippen LogP contribution in [-0.4, -0.2) is 54.6 Å². The average molecular weight is 527 g/mol. The molecule has 1 amide bonds. The van der Waals surface area contributed by atoms with Crippen molar-refractivity contribution in [2.75, 3.05) is 13.1 Å². The Morgan fingerprint density at radius 3 is 2.61 bits per heavy atom. The largest absolute Gasteiger partial charge is 0.433 e. The van der Waals surface area contributed by atoms with Crippen LogP contribution >= 0.6 is 0 Å². The number of alkyl halides is 3. The van der Waals surface area contributed by atoms with Crippen molar-refractivity contribution >= 4 is 22.6 Å². The number of rotatable bonds is 7. The highest BCUT2D eigenvalue weighted by Crippen LogP contribution is 2.28. The molecule has 0 unspecified atom stereocenters. The summed E-state index contributed by atoms with van der Waals surface area (Å²) in [5.74, 6) is 0.885. The molecular formula is C26H25F3N6O3. The van der Waals surface area contributed by atoms with Gasteiger partial charge in [-0.2, -0.15) is 23.3 Å². The van der Waals surface area contributed by atoms with E-state index >= 15 is 0 Å². The van der Waals surface area contributed by atoms with Gasteiger partial charge in [-0.25, -0.2) is 4.98 Å². The second-order valence-corrected chi connectivity index (χ2v) is 9.28. The maximum atomic E-state index is 12.9. The first-order chi connectivity index (χ1) is 18.2. The summed E-state index contributed by atoms with van der Waals surface area (Å²) in [6, 6.07) is 8.43. The molecule has 3 aromatic heterocycles. The summed E-state index contributed by atoms with van der Waals surface area (Å²) in [6.07, 6.45) is -0.801. The Morgan fingerprint density at radius 1 is 1.11 bits per heavy atom. The number of carbonyl (C=O) groups excluding carboxylic acids is 2. The molecule has 0 saturated carbocycles. The third-order valence-corrected chi connectivity index (χ3v) is 6.60. The molecule has 12 heteroatoms. The minimum atomic E-state index is -4.62. The summed E-state index contributed by atoms with van der Waals surface area (Å²) in [5, 5.41) is 9.13. The van der Waals surface area contributed by atoms with Gasteiger partial charge in [0, 0.05) is 43.4 Å². The molecule has 4 heterocycles. The number of halogens is 3. The summed E-state index contributed by atoms with van der Waals surface area (Å²) < 4.78 is 45.7. The predicted molar refractivity (Wildman–Crippen MR) is 129 cm³/mol. The van der Waals surface area contributed by atoms with Gasteiger partial charge in [0.1, 0.15) is 17.9 Å². The molecule has 4 aromatic rings. The van der Waals surface area contributed by atoms with E-state index in [-0.39, 0.29) is 30.5 Å². The summed E-state index contributed by atoms with van der Waals surface area (Å²) in [6.45, 7) is 3.21. The number of amides is 1. The first-order valence-corrected chi connectivity index (χ1v) is 12.3. The smallest absolute Gasteiger partial charge is 0.341 e. The number of aryl methyl sites for hydroxylation is 1. The maximum absolute atomic E-state index is 12.9. The van der Waals surface area contributed by atoms with Crippen molar-refractivity contribution in [3.63, 3.8) is 0 Å². The molecule has 1 saturated heterocycles. The highest BCUT2D eigenvalue weighted by molar-refractivity contribution is 5.96. The summed E-state index contributed by atoms with van der Waals surface area (Å²) >= 11 is 0. The number of aromatic nitrogens is 5. The van der Waals surface area contributed by atoms with Gasteiger partial charge in [-0.15, -0.1) is 0 Å². The fourth-order valence-corrected chi connectivity index (χ4v) is 4.53. The van der Waals surface area contributed by atoms with Crippen LogP contribution in [0.4, 0.5) is 13.2 Å². The van der Waals surface area contributed by atoms with Crippen LogP contribution < -0.4 is 0 Å². The normalized spacial score (nSPS) is 14.8. The Labute approximate surface area is 215 Å². The molecule has 0 N–H and O–H groups in total. The molecule has 0 aliphatic carbocycles. The number of pyridine rings is 1. The van der Waals surface area contributed by atoms with Crippen LogP contribution in [0.25, 0.3) is 10.9 Å². The van der Waals surface area contributed by atoms with E-state index in [0.717, 1.165) is 24.3 Å². The van der Waals surface area contributed by atoms with Crippen LogP contribution in [0.1, 0.15) is 59.1 Å². The van der Waals surface area contributed by atoms with Gasteiger partial charge in [0.15, 0.2) is 11.6 Å². The SMILES string of the molecule is CCc1noc(C2CCN(C(=O)Cn3cc4cc(CC(=O)c5cccc(C(F)(F)F)n5)ccc4n3)CC2)n1. The second-order valence-electron chi connectivity index (χ2n) is 9.28. The van der Waals surface area contributed by atoms with Crippen LogP contribution in [0.2, 0.25) is 0 Å². The van der Waals surface area contributed by atoms with Crippen molar-refractivity contribution in [1.82, 2.24) is 29.8 Å². The van der Waals surface area contributed by atoms with Gasteiger partial charge in [-0.05, 0) is 42.7 Å². The fourth-order valence-electron chi connectivity index (χ4n) is 4.53. The van der Waals surface area contributed by atoms with Crippen molar-refractivity contribution in [3.8, 4) is 0 Å². The number of ketones is 1. The lowest BCUT2D eigenvalue weighted by Crippen LogP contribution is -2.39. The van der Waals surface area contributed by atoms with Gasteiger partial charge >= 0.3 is 6.18 Å². The molecule has 1 aliphatic rings. The molecule has 5 rings (SSSR count). The van der Waals surface area contributed by atoms with E-state index in [1.54, 1.807) is 34.0 Å². The minimum absolute atomic E-state index is 0.0537. The molecule has 1 fully saturated rings. The van der Waals surface area contributed by atoms with Crippen molar-refractivity contribution in [2.24, 2.45) is 0 Å². The molecule has 0 atom stereocenters. The standard InChI is InChI=1S/C26H25F3N6O3/c1-2-23-31-25(38-33-23)17-8-10-34(11-9-17)24(37)15-35-14-18-12-16(6-7-19(18)32-35)13-21(36)20-4-3-5-22(30-20)26(27,28)29/h3-7,12,14,17H,2,8-11,13,15H2,1H3. The molecular weight excluding hydrogens is 501 g/mol. The lowest BCUT2D eigenvalue weighted by atomic mass is 9.97. The number of carbonyl (C=O) groups is 2. The average Bonchev–Trinajstić information content (AvgIpc) is 3.55. The molecule has 0 radical (unpaired) electrons. The van der Waals surface area contributed by atoms with Gasteiger partial charge in [0.05, 0.1) is 5.52 Å². The number of hydrogen-bond acceptors (Lipinski definition) is 7. The summed E-state index contributed by atoms with van der Waals surface area (Å²) in [7, 11) is 0. The predicted octanol–water partition coefficient (Wildman–Crippen LogP) is 4.23. The van der Waals surface area contributed by atoms with Gasteiger partial charge in [0.2, 0.25) is 11.8 Å². The molecule has 38 heavy (non-hydrogen) atoms. The van der Waals surface area contributed by atoms with Crippen LogP contribution in [0.3, 0.4) is 0 Å². The second kappa shape index (κ2) is 10.3. The number of hydrogen-bond donors (Lipinski definition) is 0. The third kappa shape index (κ3) is 5.58. The lowest BCUT2D eigenvalue weighted by Gasteiger charge is -2.30. The van der Waals surface area contributed by atoms with Crippen LogP contribution in [-0.2, 0) is 30.4 Å². The topological polar surface area (TPSA) is 107 Å². The summed E-state index contributed by atoms with van der Waals surface area (Å²) in [5.41, 5.74) is -0.0842. The molecule has 9 nitrogen and oxygen atoms in total. The summed E-state index contributed by atoms with van der Waals surface area (Å²) in [4.78, 5) is 35.1. The van der Waals surface area contributed by atoms with Crippen molar-refractivity contribution in [3.05, 3.63) is 71.3 Å². The molecule has 1 aromatic carbocycles. The zero-order chi connectivity index (χ0) is 26.9. The maximum Gasteiger partial charge on any atom is 0.433 e. The van der Waals surface area contributed by atoms with Gasteiger partial charge in [-0.3, -0.25) is 14.3 Å². The van der Waals surface area contributed by atoms with Crippen LogP contribution in [0.15, 0.2) is 47.1 Å². The zero-order valence-electron chi connectivity index (χ0n) is 20.6. The number of Topliss-reactive ketones (excluding diaryl/α,β-unsaturated/α-hetero) is 1. The van der Waals surface area contributed by atoms with Crippen molar-refractivity contribution < 1.29 is 27.3 Å². The van der Waals surface area contributed by atoms with E-state index in [2.05, 4.69) is 20.2 Å². The highest BCUT2D eigenvalue weighted by atomic mass is 19.4. The number of fused-ring (bicyclic) bond motifs is 1. The molecule has 0 bridgehead atoms. The lowest BCUT2D eigenvalue weighted by molar-refractivity contribution is -0.141. The number of piperidine rings is 1. The number of benzene rings is 1. The Balaban J connectivity index is 1.20. The Kier molecular flexibility index (Phi) is 6.96.